The molecule has 0 spiro atoms. The molecule has 2 aromatic carbocycles. The molecule has 5 heteroatoms. The van der Waals surface area contributed by atoms with Gasteiger partial charge in [-0.1, -0.05) is 6.07 Å². The Morgan fingerprint density at radius 2 is 1.85 bits per heavy atom. The van der Waals surface area contributed by atoms with E-state index in [-0.39, 0.29) is 23.1 Å². The highest BCUT2D eigenvalue weighted by molar-refractivity contribution is 5.59. The van der Waals surface area contributed by atoms with Crippen molar-refractivity contribution in [3.05, 3.63) is 53.3 Å². The van der Waals surface area contributed by atoms with Crippen LogP contribution in [0.25, 0.3) is 0 Å². The van der Waals surface area contributed by atoms with E-state index in [4.69, 9.17) is 5.26 Å². The van der Waals surface area contributed by atoms with Gasteiger partial charge in [0.2, 0.25) is 0 Å². The first kappa shape index (κ1) is 13.7. The number of nitrogens with one attached hydrogen (secondary N) is 1. The van der Waals surface area contributed by atoms with E-state index in [9.17, 15) is 14.6 Å². The maximum atomic E-state index is 13.5. The highest BCUT2D eigenvalue weighted by atomic mass is 19.1. The van der Waals surface area contributed by atoms with Crippen LogP contribution in [0.2, 0.25) is 0 Å². The van der Waals surface area contributed by atoms with Crippen molar-refractivity contribution in [2.45, 2.75) is 13.0 Å². The summed E-state index contributed by atoms with van der Waals surface area (Å²) in [4.78, 5) is 0. The molecule has 0 radical (unpaired) electrons. The number of rotatable bonds is 3. The molecule has 0 amide bonds. The van der Waals surface area contributed by atoms with Gasteiger partial charge in [-0.05, 0) is 36.8 Å². The topological polar surface area (TPSA) is 76.3 Å². The van der Waals surface area contributed by atoms with Crippen LogP contribution in [0.1, 0.15) is 24.1 Å². The molecule has 102 valence electrons. The fourth-order valence-corrected chi connectivity index (χ4v) is 1.94. The maximum Gasteiger partial charge on any atom is 0.143 e. The van der Waals surface area contributed by atoms with Gasteiger partial charge in [0, 0.05) is 12.1 Å². The Hall–Kier alpha value is -2.74. The first-order chi connectivity index (χ1) is 9.51. The van der Waals surface area contributed by atoms with E-state index in [2.05, 4.69) is 5.32 Å². The number of halogens is 1. The van der Waals surface area contributed by atoms with Crippen LogP contribution in [0.15, 0.2) is 36.4 Å². The molecular weight excluding hydrogens is 259 g/mol. The van der Waals surface area contributed by atoms with Gasteiger partial charge in [-0.3, -0.25) is 0 Å². The van der Waals surface area contributed by atoms with E-state index in [1.165, 1.54) is 30.3 Å². The van der Waals surface area contributed by atoms with Gasteiger partial charge in [-0.15, -0.1) is 0 Å². The minimum Gasteiger partial charge on any atom is -0.508 e. The summed E-state index contributed by atoms with van der Waals surface area (Å²) in [5.41, 5.74) is 0.919. The van der Waals surface area contributed by atoms with Crippen molar-refractivity contribution >= 4 is 5.69 Å². The summed E-state index contributed by atoms with van der Waals surface area (Å²) in [5, 5.41) is 30.9. The highest BCUT2D eigenvalue weighted by Crippen LogP contribution is 2.28. The molecule has 0 heterocycles. The summed E-state index contributed by atoms with van der Waals surface area (Å²) < 4.78 is 13.5. The molecule has 2 aromatic rings. The van der Waals surface area contributed by atoms with Crippen LogP contribution in [0.4, 0.5) is 10.1 Å². The van der Waals surface area contributed by atoms with E-state index in [1.807, 2.05) is 6.07 Å². The second-order valence-electron chi connectivity index (χ2n) is 4.42. The average molecular weight is 272 g/mol. The number of phenols is 2. The van der Waals surface area contributed by atoms with Crippen molar-refractivity contribution in [3.8, 4) is 17.6 Å². The number of anilines is 1. The smallest absolute Gasteiger partial charge is 0.143 e. The van der Waals surface area contributed by atoms with Crippen molar-refractivity contribution in [1.29, 1.82) is 5.26 Å². The third-order valence-electron chi connectivity index (χ3n) is 2.92. The molecule has 2 rings (SSSR count). The molecule has 0 aliphatic rings. The maximum absolute atomic E-state index is 13.5. The lowest BCUT2D eigenvalue weighted by atomic mass is 10.1. The van der Waals surface area contributed by atoms with Crippen molar-refractivity contribution in [2.75, 3.05) is 5.32 Å². The van der Waals surface area contributed by atoms with Crippen LogP contribution >= 0.6 is 0 Å². The number of aromatic hydroxyl groups is 2. The Morgan fingerprint density at radius 1 is 1.20 bits per heavy atom. The molecule has 0 bridgehead atoms. The molecular formula is C15H13FN2O2. The molecule has 0 aliphatic heterocycles. The summed E-state index contributed by atoms with van der Waals surface area (Å²) in [5.74, 6) is -0.717. The highest BCUT2D eigenvalue weighted by Gasteiger charge is 2.12. The number of phenolic OH excluding ortho intramolecular Hbond substituents is 2. The van der Waals surface area contributed by atoms with Gasteiger partial charge >= 0.3 is 0 Å². The Balaban J connectivity index is 2.30. The van der Waals surface area contributed by atoms with Crippen molar-refractivity contribution < 1.29 is 14.6 Å². The largest absolute Gasteiger partial charge is 0.508 e. The van der Waals surface area contributed by atoms with Gasteiger partial charge in [0.1, 0.15) is 28.9 Å². The summed E-state index contributed by atoms with van der Waals surface area (Å²) in [6, 6.07) is 10.0. The lowest BCUT2D eigenvalue weighted by Gasteiger charge is -2.17. The Morgan fingerprint density at radius 3 is 2.45 bits per heavy atom. The average Bonchev–Trinajstić information content (AvgIpc) is 2.37. The van der Waals surface area contributed by atoms with E-state index >= 15 is 0 Å². The molecule has 1 atom stereocenters. The third kappa shape index (κ3) is 2.81. The SMILES string of the molecule is CC(Nc1cccc(F)c1C#N)c1cc(O)cc(O)c1. The standard InChI is InChI=1S/C15H13FN2O2/c1-9(10-5-11(19)7-12(20)6-10)18-15-4-2-3-14(16)13(15)8-17/h2-7,9,18-20H,1H3. The zero-order valence-corrected chi connectivity index (χ0v) is 10.8. The molecule has 3 N–H and O–H groups in total. The zero-order chi connectivity index (χ0) is 14.7. The Bertz CT molecular complexity index is 660. The van der Waals surface area contributed by atoms with Crippen molar-refractivity contribution in [3.63, 3.8) is 0 Å². The van der Waals surface area contributed by atoms with E-state index < -0.39 is 5.82 Å². The predicted octanol–water partition coefficient (Wildman–Crippen LogP) is 3.28. The van der Waals surface area contributed by atoms with Gasteiger partial charge in [-0.2, -0.15) is 5.26 Å². The zero-order valence-electron chi connectivity index (χ0n) is 10.8. The first-order valence-electron chi connectivity index (χ1n) is 5.99. The van der Waals surface area contributed by atoms with E-state index in [0.29, 0.717) is 11.3 Å². The Kier molecular flexibility index (Phi) is 3.76. The van der Waals surface area contributed by atoms with Crippen LogP contribution in [0.3, 0.4) is 0 Å². The number of benzene rings is 2. The first-order valence-corrected chi connectivity index (χ1v) is 5.99. The minimum atomic E-state index is -0.594. The molecule has 20 heavy (non-hydrogen) atoms. The quantitative estimate of drug-likeness (QED) is 0.801. The van der Waals surface area contributed by atoms with Crippen molar-refractivity contribution in [2.24, 2.45) is 0 Å². The molecule has 0 saturated heterocycles. The molecule has 0 saturated carbocycles. The number of nitrogens with zero attached hydrogens (tertiary/aromatic N) is 1. The van der Waals surface area contributed by atoms with Crippen LogP contribution in [-0.4, -0.2) is 10.2 Å². The van der Waals surface area contributed by atoms with Gasteiger partial charge in [0.25, 0.3) is 0 Å². The monoisotopic (exact) mass is 272 g/mol. The Labute approximate surface area is 115 Å². The summed E-state index contributed by atoms with van der Waals surface area (Å²) >= 11 is 0. The van der Waals surface area contributed by atoms with Crippen LogP contribution in [-0.2, 0) is 0 Å². The van der Waals surface area contributed by atoms with Crippen LogP contribution in [0.5, 0.6) is 11.5 Å². The number of hydrogen-bond acceptors (Lipinski definition) is 4. The molecule has 0 aromatic heterocycles. The minimum absolute atomic E-state index is 0.0617. The van der Waals surface area contributed by atoms with Crippen LogP contribution < -0.4 is 5.32 Å². The van der Waals surface area contributed by atoms with Gasteiger partial charge in [0.05, 0.1) is 5.69 Å². The van der Waals surface area contributed by atoms with Gasteiger partial charge in [-0.25, -0.2) is 4.39 Å². The normalized spacial score (nSPS) is 11.7. The fourth-order valence-electron chi connectivity index (χ4n) is 1.94. The second-order valence-corrected chi connectivity index (χ2v) is 4.42. The summed E-state index contributed by atoms with van der Waals surface area (Å²) in [6.07, 6.45) is 0. The second kappa shape index (κ2) is 5.49. The third-order valence-corrected chi connectivity index (χ3v) is 2.92. The number of hydrogen-bond donors (Lipinski definition) is 3. The van der Waals surface area contributed by atoms with Crippen LogP contribution in [0, 0.1) is 17.1 Å². The summed E-state index contributed by atoms with van der Waals surface area (Å²) in [7, 11) is 0. The van der Waals surface area contributed by atoms with Crippen molar-refractivity contribution in [1.82, 2.24) is 0 Å². The molecule has 0 aliphatic carbocycles. The molecule has 0 fully saturated rings. The van der Waals surface area contributed by atoms with E-state index in [0.717, 1.165) is 0 Å². The van der Waals surface area contributed by atoms with E-state index in [1.54, 1.807) is 13.0 Å². The fraction of sp³-hybridized carbons (Fsp3) is 0.133. The molecule has 1 unspecified atom stereocenters. The lowest BCUT2D eigenvalue weighted by Crippen LogP contribution is -2.08. The summed E-state index contributed by atoms with van der Waals surface area (Å²) in [6.45, 7) is 1.78. The van der Waals surface area contributed by atoms with Gasteiger partial charge < -0.3 is 15.5 Å². The van der Waals surface area contributed by atoms with Gasteiger partial charge in [0.15, 0.2) is 0 Å². The lowest BCUT2D eigenvalue weighted by molar-refractivity contribution is 0.448. The predicted molar refractivity (Wildman–Crippen MR) is 72.9 cm³/mol. The molecule has 4 nitrogen and oxygen atoms in total. The number of nitriles is 1.